The van der Waals surface area contributed by atoms with Crippen LogP contribution in [0.15, 0.2) is 85.1 Å². The van der Waals surface area contributed by atoms with Crippen molar-refractivity contribution in [2.75, 3.05) is 19.8 Å². The zero-order chi connectivity index (χ0) is 34.3. The van der Waals surface area contributed by atoms with Gasteiger partial charge in [0.2, 0.25) is 0 Å². The monoisotopic (exact) mass is 665 g/mol. The second-order valence-electron chi connectivity index (χ2n) is 9.93. The number of carboxylic acids is 1. The van der Waals surface area contributed by atoms with Gasteiger partial charge in [-0.05, 0) is 44.9 Å². The molecule has 0 aliphatic carbocycles. The summed E-state index contributed by atoms with van der Waals surface area (Å²) in [6.07, 6.45) is 33.0. The molecule has 0 spiro atoms. The Balaban J connectivity index is 4.75. The van der Waals surface area contributed by atoms with Gasteiger partial charge in [-0.1, -0.05) is 105 Å². The zero-order valence-corrected chi connectivity index (χ0v) is 28.0. The number of carbonyl (C=O) groups is 3. The minimum atomic E-state index is -4.73. The molecule has 0 heterocycles. The Labute approximate surface area is 273 Å². The van der Waals surface area contributed by atoms with Gasteiger partial charge in [0.1, 0.15) is 12.6 Å². The molecule has 11 nitrogen and oxygen atoms in total. The maximum absolute atomic E-state index is 12.5. The molecule has 258 valence electrons. The molecule has 0 aromatic carbocycles. The van der Waals surface area contributed by atoms with Crippen molar-refractivity contribution >= 4 is 25.7 Å². The summed E-state index contributed by atoms with van der Waals surface area (Å²) in [5.74, 6) is -2.60. The highest BCUT2D eigenvalue weighted by Gasteiger charge is 2.28. The van der Waals surface area contributed by atoms with E-state index in [4.69, 9.17) is 24.8 Å². The van der Waals surface area contributed by atoms with Crippen molar-refractivity contribution in [1.29, 1.82) is 0 Å². The number of aliphatic carboxylic acids is 1. The topological polar surface area (TPSA) is 172 Å². The van der Waals surface area contributed by atoms with E-state index in [9.17, 15) is 23.8 Å². The highest BCUT2D eigenvalue weighted by Crippen LogP contribution is 2.43. The average molecular weight is 666 g/mol. The fourth-order valence-corrected chi connectivity index (χ4v) is 4.09. The van der Waals surface area contributed by atoms with Crippen LogP contribution in [-0.2, 0) is 37.5 Å². The molecule has 0 saturated heterocycles. The Hall–Kier alpha value is -3.34. The van der Waals surface area contributed by atoms with Crippen molar-refractivity contribution in [2.24, 2.45) is 5.73 Å². The molecule has 0 radical (unpaired) electrons. The molecule has 0 aliphatic rings. The van der Waals surface area contributed by atoms with Crippen LogP contribution in [0.5, 0.6) is 0 Å². The van der Waals surface area contributed by atoms with Gasteiger partial charge in [0.15, 0.2) is 6.10 Å². The van der Waals surface area contributed by atoms with Crippen molar-refractivity contribution in [1.82, 2.24) is 0 Å². The van der Waals surface area contributed by atoms with Crippen LogP contribution in [0, 0.1) is 0 Å². The molecule has 0 saturated carbocycles. The van der Waals surface area contributed by atoms with Gasteiger partial charge in [0.05, 0.1) is 19.6 Å². The number of ether oxygens (including phenoxy) is 2. The Kier molecular flexibility index (Phi) is 27.0. The van der Waals surface area contributed by atoms with Crippen molar-refractivity contribution in [3.05, 3.63) is 85.1 Å². The third-order valence-corrected chi connectivity index (χ3v) is 6.72. The number of carbonyl (C=O) groups excluding carboxylic acids is 2. The van der Waals surface area contributed by atoms with Crippen LogP contribution in [0.4, 0.5) is 0 Å². The predicted octanol–water partition coefficient (Wildman–Crippen LogP) is 6.82. The first kappa shape index (κ1) is 42.7. The number of carboxylic acid groups (broad SMARTS) is 1. The lowest BCUT2D eigenvalue weighted by molar-refractivity contribution is -0.160. The molecule has 46 heavy (non-hydrogen) atoms. The maximum Gasteiger partial charge on any atom is 0.472 e. The number of phosphoric ester groups is 1. The normalized spacial score (nSPS) is 15.2. The van der Waals surface area contributed by atoms with Crippen LogP contribution < -0.4 is 5.73 Å². The molecule has 0 fully saturated rings. The third-order valence-electron chi connectivity index (χ3n) is 5.77. The summed E-state index contributed by atoms with van der Waals surface area (Å²) in [5, 5.41) is 8.81. The second kappa shape index (κ2) is 29.1. The van der Waals surface area contributed by atoms with Crippen LogP contribution in [0.1, 0.15) is 78.1 Å². The van der Waals surface area contributed by atoms with Gasteiger partial charge in [-0.2, -0.15) is 0 Å². The van der Waals surface area contributed by atoms with E-state index in [2.05, 4.69) is 36.6 Å². The van der Waals surface area contributed by atoms with E-state index in [1.165, 1.54) is 0 Å². The predicted molar refractivity (Wildman–Crippen MR) is 180 cm³/mol. The fourth-order valence-electron chi connectivity index (χ4n) is 3.31. The summed E-state index contributed by atoms with van der Waals surface area (Å²) < 4.78 is 32.2. The number of hydrogen-bond acceptors (Lipinski definition) is 9. The van der Waals surface area contributed by atoms with E-state index >= 15 is 0 Å². The Morgan fingerprint density at radius 3 is 1.96 bits per heavy atom. The van der Waals surface area contributed by atoms with Gasteiger partial charge in [-0.15, -0.1) is 0 Å². The molecule has 0 rings (SSSR count). The summed E-state index contributed by atoms with van der Waals surface area (Å²) in [5.41, 5.74) is 5.28. The third kappa shape index (κ3) is 28.2. The summed E-state index contributed by atoms with van der Waals surface area (Å²) in [4.78, 5) is 45.3. The second-order valence-corrected chi connectivity index (χ2v) is 11.4. The number of phosphoric acid groups is 1. The lowest BCUT2D eigenvalue weighted by atomic mass is 10.1. The number of rotatable bonds is 27. The average Bonchev–Trinajstić information content (AvgIpc) is 3.02. The number of nitrogens with two attached hydrogens (primary N) is 1. The zero-order valence-electron chi connectivity index (χ0n) is 27.1. The van der Waals surface area contributed by atoms with E-state index in [0.29, 0.717) is 12.8 Å². The van der Waals surface area contributed by atoms with Crippen LogP contribution in [0.2, 0.25) is 0 Å². The van der Waals surface area contributed by atoms with Crippen molar-refractivity contribution in [3.8, 4) is 0 Å². The van der Waals surface area contributed by atoms with Gasteiger partial charge in [-0.25, -0.2) is 4.57 Å². The van der Waals surface area contributed by atoms with Crippen molar-refractivity contribution in [2.45, 2.75) is 90.2 Å². The van der Waals surface area contributed by atoms with E-state index < -0.39 is 57.7 Å². The molecule has 2 unspecified atom stereocenters. The van der Waals surface area contributed by atoms with Gasteiger partial charge < -0.3 is 25.2 Å². The number of unbranched alkanes of at least 4 members (excludes halogenated alkanes) is 3. The maximum atomic E-state index is 12.5. The highest BCUT2D eigenvalue weighted by molar-refractivity contribution is 7.47. The van der Waals surface area contributed by atoms with Gasteiger partial charge in [-0.3, -0.25) is 23.4 Å². The SMILES string of the molecule is CC/C=C/C=C/C=C/C=C/CCCCCC(=O)OC(COC(=O)C/C=C/C/C=C/C/C=C/CC)COP(=O)(O)OC[C@H](N)C(=O)O. The summed E-state index contributed by atoms with van der Waals surface area (Å²) >= 11 is 0. The van der Waals surface area contributed by atoms with E-state index in [1.807, 2.05) is 60.8 Å². The van der Waals surface area contributed by atoms with Crippen molar-refractivity contribution < 1.29 is 47.5 Å². The first-order valence-electron chi connectivity index (χ1n) is 15.7. The number of hydrogen-bond donors (Lipinski definition) is 3. The summed E-state index contributed by atoms with van der Waals surface area (Å²) in [7, 11) is -4.73. The molecule has 0 aromatic rings. The first-order chi connectivity index (χ1) is 22.1. The Morgan fingerprint density at radius 1 is 0.717 bits per heavy atom. The van der Waals surface area contributed by atoms with Crippen molar-refractivity contribution in [3.63, 3.8) is 0 Å². The lowest BCUT2D eigenvalue weighted by Crippen LogP contribution is -2.34. The minimum absolute atomic E-state index is 0.0168. The van der Waals surface area contributed by atoms with Gasteiger partial charge >= 0.3 is 25.7 Å². The Morgan fingerprint density at radius 2 is 1.30 bits per heavy atom. The van der Waals surface area contributed by atoms with E-state index in [1.54, 1.807) is 6.08 Å². The quantitative estimate of drug-likeness (QED) is 0.0276. The lowest BCUT2D eigenvalue weighted by Gasteiger charge is -2.20. The molecule has 12 heteroatoms. The molecule has 4 N–H and O–H groups in total. The largest absolute Gasteiger partial charge is 0.480 e. The van der Waals surface area contributed by atoms with Gasteiger partial charge in [0, 0.05) is 6.42 Å². The molecule has 3 atom stereocenters. The van der Waals surface area contributed by atoms with Crippen LogP contribution in [0.3, 0.4) is 0 Å². The summed E-state index contributed by atoms with van der Waals surface area (Å²) in [6, 6.07) is -1.54. The molecule has 0 amide bonds. The fraction of sp³-hybridized carbons (Fsp3) is 0.500. The minimum Gasteiger partial charge on any atom is -0.480 e. The Bertz CT molecular complexity index is 1110. The number of allylic oxidation sites excluding steroid dienone is 13. The van der Waals surface area contributed by atoms with Gasteiger partial charge in [0.25, 0.3) is 0 Å². The molecule has 0 aliphatic heterocycles. The summed E-state index contributed by atoms with van der Waals surface area (Å²) in [6.45, 7) is 2.31. The molecular formula is C34H52NO10P. The molecule has 0 aromatic heterocycles. The van der Waals surface area contributed by atoms with E-state index in [-0.39, 0.29) is 12.8 Å². The first-order valence-corrected chi connectivity index (χ1v) is 17.2. The smallest absolute Gasteiger partial charge is 0.472 e. The molecule has 0 bridgehead atoms. The number of esters is 2. The standard InChI is InChI=1S/C34H52NO10P/c1-3-5-7-9-11-13-14-15-16-18-20-22-24-26-33(37)45-30(28-43-46(40,41)44-29-31(35)34(38)39)27-42-32(36)25-23-21-19-17-12-10-8-6-4-2/h5-9,11-17,21,23,30-31H,3-4,10,18-20,22,24-29,35H2,1-2H3,(H,38,39)(H,40,41)/b7-5+,8-6+,11-9+,14-13+,16-15+,17-12+,23-21+/t30?,31-/m0/s1. The van der Waals surface area contributed by atoms with Crippen LogP contribution >= 0.6 is 7.82 Å². The highest BCUT2D eigenvalue weighted by atomic mass is 31.2. The van der Waals surface area contributed by atoms with Crippen LogP contribution in [0.25, 0.3) is 0 Å². The van der Waals surface area contributed by atoms with Crippen LogP contribution in [-0.4, -0.2) is 59.9 Å². The van der Waals surface area contributed by atoms with E-state index in [0.717, 1.165) is 38.5 Å². The molecular weight excluding hydrogens is 613 g/mol.